The summed E-state index contributed by atoms with van der Waals surface area (Å²) in [6, 6.07) is 14.2. The summed E-state index contributed by atoms with van der Waals surface area (Å²) in [5.74, 6) is 1.15. The molecular formula is C17H13NO4S. The van der Waals surface area contributed by atoms with Crippen LogP contribution in [0.5, 0.6) is 17.4 Å². The molecule has 2 N–H and O–H groups in total. The van der Waals surface area contributed by atoms with Crippen molar-refractivity contribution in [3.63, 3.8) is 0 Å². The Hall–Kier alpha value is -2.86. The number of H-pyrrole nitrogens is 1. The van der Waals surface area contributed by atoms with E-state index in [-0.39, 0.29) is 10.8 Å². The first-order chi connectivity index (χ1) is 11.1. The Morgan fingerprint density at radius 2 is 1.91 bits per heavy atom. The van der Waals surface area contributed by atoms with E-state index >= 15 is 0 Å². The van der Waals surface area contributed by atoms with E-state index in [1.807, 2.05) is 12.1 Å². The smallest absolute Gasteiger partial charge is 0.307 e. The van der Waals surface area contributed by atoms with E-state index in [9.17, 15) is 14.7 Å². The van der Waals surface area contributed by atoms with Crippen molar-refractivity contribution in [3.05, 3.63) is 74.2 Å². The molecular weight excluding hydrogens is 314 g/mol. The average Bonchev–Trinajstić information content (AvgIpc) is 2.87. The molecule has 0 saturated heterocycles. The van der Waals surface area contributed by atoms with Crippen molar-refractivity contribution in [1.29, 1.82) is 0 Å². The highest BCUT2D eigenvalue weighted by Crippen LogP contribution is 2.25. The summed E-state index contributed by atoms with van der Waals surface area (Å²) in [7, 11) is 0. The van der Waals surface area contributed by atoms with Gasteiger partial charge < -0.3 is 9.84 Å². The van der Waals surface area contributed by atoms with Crippen LogP contribution in [-0.4, -0.2) is 16.4 Å². The van der Waals surface area contributed by atoms with E-state index in [0.717, 1.165) is 23.2 Å². The maximum absolute atomic E-state index is 11.2. The number of carbonyl (C=O) groups is 1. The molecule has 0 fully saturated rings. The Balaban J connectivity index is 1.72. The van der Waals surface area contributed by atoms with Crippen molar-refractivity contribution in [1.82, 2.24) is 4.98 Å². The minimum absolute atomic E-state index is 0.0778. The molecule has 1 aromatic heterocycles. The van der Waals surface area contributed by atoms with Crippen LogP contribution in [0.25, 0.3) is 0 Å². The number of carbonyl (C=O) groups excluding carboxylic acids is 1. The zero-order valence-corrected chi connectivity index (χ0v) is 12.8. The molecule has 3 rings (SSSR count). The maximum atomic E-state index is 11.2. The van der Waals surface area contributed by atoms with E-state index in [0.29, 0.717) is 28.4 Å². The van der Waals surface area contributed by atoms with E-state index in [1.54, 1.807) is 36.4 Å². The fourth-order valence-corrected chi connectivity index (χ4v) is 2.88. The van der Waals surface area contributed by atoms with E-state index in [2.05, 4.69) is 4.98 Å². The molecule has 0 saturated carbocycles. The zero-order valence-electron chi connectivity index (χ0n) is 12.0. The Bertz CT molecular complexity index is 880. The van der Waals surface area contributed by atoms with Crippen LogP contribution in [0.2, 0.25) is 0 Å². The molecule has 0 radical (unpaired) electrons. The average molecular weight is 327 g/mol. The number of aromatic amines is 1. The van der Waals surface area contributed by atoms with Gasteiger partial charge in [0.1, 0.15) is 17.8 Å². The molecule has 6 heteroatoms. The number of benzene rings is 2. The third-order valence-corrected chi connectivity index (χ3v) is 4.09. The van der Waals surface area contributed by atoms with Gasteiger partial charge in [-0.25, -0.2) is 0 Å². The molecule has 5 nitrogen and oxygen atoms in total. The molecule has 2 aromatic carbocycles. The number of nitrogens with one attached hydrogen (secondary N) is 1. The lowest BCUT2D eigenvalue weighted by molar-refractivity contribution is 0.112. The lowest BCUT2D eigenvalue weighted by atomic mass is 10.1. The summed E-state index contributed by atoms with van der Waals surface area (Å²) in [5.41, 5.74) is 1.50. The molecule has 116 valence electrons. The molecule has 3 aromatic rings. The summed E-state index contributed by atoms with van der Waals surface area (Å²) in [6.07, 6.45) is 1.24. The highest BCUT2D eigenvalue weighted by atomic mass is 32.1. The van der Waals surface area contributed by atoms with Crippen molar-refractivity contribution >= 4 is 17.6 Å². The van der Waals surface area contributed by atoms with Gasteiger partial charge in [0.2, 0.25) is 5.88 Å². The summed E-state index contributed by atoms with van der Waals surface area (Å²) >= 11 is 0.995. The van der Waals surface area contributed by atoms with Crippen molar-refractivity contribution in [2.24, 2.45) is 0 Å². The predicted octanol–water partition coefficient (Wildman–Crippen LogP) is 3.34. The molecule has 23 heavy (non-hydrogen) atoms. The lowest BCUT2D eigenvalue weighted by Gasteiger charge is -2.07. The minimum atomic E-state index is -0.271. The summed E-state index contributed by atoms with van der Waals surface area (Å²) < 4.78 is 5.69. The number of rotatable bonds is 5. The minimum Gasteiger partial charge on any atom is -0.494 e. The molecule has 0 aliphatic carbocycles. The summed E-state index contributed by atoms with van der Waals surface area (Å²) in [4.78, 5) is 24.6. The van der Waals surface area contributed by atoms with Crippen LogP contribution >= 0.6 is 11.3 Å². The van der Waals surface area contributed by atoms with Crippen LogP contribution < -0.4 is 9.61 Å². The first kappa shape index (κ1) is 15.1. The quantitative estimate of drug-likeness (QED) is 0.704. The van der Waals surface area contributed by atoms with Gasteiger partial charge in [-0.05, 0) is 29.8 Å². The molecule has 0 amide bonds. The zero-order chi connectivity index (χ0) is 16.2. The second kappa shape index (κ2) is 6.50. The maximum Gasteiger partial charge on any atom is 0.307 e. The number of ether oxygens (including phenoxy) is 1. The Morgan fingerprint density at radius 1 is 1.13 bits per heavy atom. The lowest BCUT2D eigenvalue weighted by Crippen LogP contribution is -1.89. The molecule has 0 aliphatic rings. The van der Waals surface area contributed by atoms with E-state index in [1.165, 1.54) is 0 Å². The van der Waals surface area contributed by atoms with Crippen LogP contribution in [0.4, 0.5) is 0 Å². The Kier molecular flexibility index (Phi) is 4.25. The molecule has 0 spiro atoms. The second-order valence-electron chi connectivity index (χ2n) is 4.90. The van der Waals surface area contributed by atoms with Gasteiger partial charge in [0.25, 0.3) is 0 Å². The van der Waals surface area contributed by atoms with Gasteiger partial charge in [0, 0.05) is 12.0 Å². The van der Waals surface area contributed by atoms with E-state index < -0.39 is 0 Å². The van der Waals surface area contributed by atoms with Crippen LogP contribution in [0.3, 0.4) is 0 Å². The van der Waals surface area contributed by atoms with Gasteiger partial charge in [-0.2, -0.15) is 0 Å². The number of hydrogen-bond donors (Lipinski definition) is 2. The highest BCUT2D eigenvalue weighted by molar-refractivity contribution is 7.09. The number of aldehydes is 1. The summed E-state index contributed by atoms with van der Waals surface area (Å²) in [5, 5.41) is 9.59. The second-order valence-corrected chi connectivity index (χ2v) is 5.97. The van der Waals surface area contributed by atoms with Gasteiger partial charge in [-0.1, -0.05) is 35.6 Å². The Morgan fingerprint density at radius 3 is 2.57 bits per heavy atom. The molecule has 1 heterocycles. The third kappa shape index (κ3) is 3.67. The molecule has 0 atom stereocenters. The van der Waals surface area contributed by atoms with Gasteiger partial charge in [-0.3, -0.25) is 14.6 Å². The topological polar surface area (TPSA) is 79.4 Å². The van der Waals surface area contributed by atoms with Crippen LogP contribution in [0.15, 0.2) is 53.3 Å². The van der Waals surface area contributed by atoms with Gasteiger partial charge in [0.05, 0.1) is 4.88 Å². The predicted molar refractivity (Wildman–Crippen MR) is 87.8 cm³/mol. The van der Waals surface area contributed by atoms with Gasteiger partial charge >= 0.3 is 4.87 Å². The third-order valence-electron chi connectivity index (χ3n) is 3.22. The SMILES string of the molecule is O=Cc1cccc(Oc2ccc(Cc3sc(=O)[nH]c3O)cc2)c1. The molecule has 0 unspecified atom stereocenters. The van der Waals surface area contributed by atoms with Crippen molar-refractivity contribution < 1.29 is 14.6 Å². The number of hydrogen-bond acceptors (Lipinski definition) is 5. The molecule has 0 bridgehead atoms. The van der Waals surface area contributed by atoms with Crippen LogP contribution in [-0.2, 0) is 6.42 Å². The van der Waals surface area contributed by atoms with Gasteiger partial charge in [0.15, 0.2) is 0 Å². The largest absolute Gasteiger partial charge is 0.494 e. The number of aromatic hydroxyl groups is 1. The monoisotopic (exact) mass is 327 g/mol. The van der Waals surface area contributed by atoms with Gasteiger partial charge in [-0.15, -0.1) is 0 Å². The number of thiazole rings is 1. The van der Waals surface area contributed by atoms with Crippen molar-refractivity contribution in [2.45, 2.75) is 6.42 Å². The van der Waals surface area contributed by atoms with Crippen LogP contribution in [0.1, 0.15) is 20.8 Å². The molecule has 0 aliphatic heterocycles. The normalized spacial score (nSPS) is 10.4. The first-order valence-corrected chi connectivity index (χ1v) is 7.68. The number of aromatic nitrogens is 1. The van der Waals surface area contributed by atoms with Crippen molar-refractivity contribution in [3.8, 4) is 17.4 Å². The van der Waals surface area contributed by atoms with Crippen molar-refractivity contribution in [2.75, 3.05) is 0 Å². The fourth-order valence-electron chi connectivity index (χ4n) is 2.12. The Labute approximate surface area is 135 Å². The fraction of sp³-hybridized carbons (Fsp3) is 0.0588. The first-order valence-electron chi connectivity index (χ1n) is 6.87. The van der Waals surface area contributed by atoms with Crippen LogP contribution in [0, 0.1) is 0 Å². The summed E-state index contributed by atoms with van der Waals surface area (Å²) in [6.45, 7) is 0. The highest BCUT2D eigenvalue weighted by Gasteiger charge is 2.08. The standard InChI is InChI=1S/C17H13NO4S/c19-10-12-2-1-3-14(8-12)22-13-6-4-11(5-7-13)9-15-16(20)18-17(21)23-15/h1-8,10,20H,9H2,(H,18,21). The van der Waals surface area contributed by atoms with E-state index in [4.69, 9.17) is 4.74 Å².